The Labute approximate surface area is 156 Å². The molecule has 0 aliphatic carbocycles. The van der Waals surface area contributed by atoms with Gasteiger partial charge in [0.05, 0.1) is 4.92 Å². The van der Waals surface area contributed by atoms with E-state index in [-0.39, 0.29) is 17.3 Å². The first-order valence-corrected chi connectivity index (χ1v) is 8.50. The van der Waals surface area contributed by atoms with E-state index >= 15 is 0 Å². The first-order valence-electron chi connectivity index (χ1n) is 8.50. The largest absolute Gasteiger partial charge is 0.457 e. The minimum Gasteiger partial charge on any atom is -0.457 e. The Morgan fingerprint density at radius 1 is 1.00 bits per heavy atom. The van der Waals surface area contributed by atoms with Gasteiger partial charge in [0.1, 0.15) is 17.8 Å². The highest BCUT2D eigenvalue weighted by Crippen LogP contribution is 2.31. The second kappa shape index (κ2) is 8.61. The molecule has 0 fully saturated rings. The molecule has 0 saturated carbocycles. The van der Waals surface area contributed by atoms with E-state index in [4.69, 9.17) is 4.74 Å². The predicted octanol–water partition coefficient (Wildman–Crippen LogP) is 4.74. The molecule has 0 bridgehead atoms. The lowest BCUT2D eigenvalue weighted by Crippen LogP contribution is -2.08. The Morgan fingerprint density at radius 2 is 1.67 bits per heavy atom. The molecule has 0 aliphatic heterocycles. The third-order valence-corrected chi connectivity index (χ3v) is 3.64. The number of hydrogen-bond acceptors (Lipinski definition) is 7. The zero-order valence-electron chi connectivity index (χ0n) is 14.8. The van der Waals surface area contributed by atoms with Gasteiger partial charge >= 0.3 is 5.69 Å². The van der Waals surface area contributed by atoms with Gasteiger partial charge in [-0.05, 0) is 42.8 Å². The van der Waals surface area contributed by atoms with Crippen LogP contribution in [0.5, 0.6) is 11.5 Å². The zero-order chi connectivity index (χ0) is 19.1. The second-order valence-electron chi connectivity index (χ2n) is 5.67. The zero-order valence-corrected chi connectivity index (χ0v) is 14.8. The molecule has 0 atom stereocenters. The maximum atomic E-state index is 11.5. The van der Waals surface area contributed by atoms with Crippen molar-refractivity contribution in [2.75, 3.05) is 17.2 Å². The first-order chi connectivity index (χ1) is 13.2. The number of rotatable bonds is 8. The Morgan fingerprint density at radius 3 is 2.33 bits per heavy atom. The molecule has 0 saturated heterocycles. The van der Waals surface area contributed by atoms with Crippen LogP contribution in [0, 0.1) is 10.1 Å². The fourth-order valence-electron chi connectivity index (χ4n) is 2.38. The molecule has 27 heavy (non-hydrogen) atoms. The van der Waals surface area contributed by atoms with Gasteiger partial charge in [0.25, 0.3) is 0 Å². The average molecular weight is 365 g/mol. The summed E-state index contributed by atoms with van der Waals surface area (Å²) in [6, 6.07) is 16.5. The van der Waals surface area contributed by atoms with E-state index in [2.05, 4.69) is 20.6 Å². The van der Waals surface area contributed by atoms with Gasteiger partial charge in [0.15, 0.2) is 0 Å². The van der Waals surface area contributed by atoms with Gasteiger partial charge in [0, 0.05) is 12.2 Å². The van der Waals surface area contributed by atoms with Crippen LogP contribution in [0.2, 0.25) is 0 Å². The quantitative estimate of drug-likeness (QED) is 0.439. The Hall–Kier alpha value is -3.68. The van der Waals surface area contributed by atoms with Crippen LogP contribution < -0.4 is 15.4 Å². The smallest absolute Gasteiger partial charge is 0.353 e. The molecular weight excluding hydrogens is 346 g/mol. The summed E-state index contributed by atoms with van der Waals surface area (Å²) in [6.45, 7) is 2.56. The molecule has 0 unspecified atom stereocenters. The standard InChI is InChI=1S/C19H19N5O3/c1-2-12-20-18-17(24(25)26)19(22-13-21-18)23-14-8-10-16(11-9-14)27-15-6-4-3-5-7-15/h3-11,13H,2,12H2,1H3,(H2,20,21,22,23). The minimum absolute atomic E-state index is 0.130. The summed E-state index contributed by atoms with van der Waals surface area (Å²) >= 11 is 0. The summed E-state index contributed by atoms with van der Waals surface area (Å²) in [4.78, 5) is 19.0. The van der Waals surface area contributed by atoms with Crippen molar-refractivity contribution >= 4 is 23.0 Å². The van der Waals surface area contributed by atoms with E-state index < -0.39 is 4.92 Å². The maximum Gasteiger partial charge on any atom is 0.353 e. The average Bonchev–Trinajstić information content (AvgIpc) is 2.68. The SMILES string of the molecule is CCCNc1ncnc(Nc2ccc(Oc3ccccc3)cc2)c1[N+](=O)[O-]. The molecule has 1 heterocycles. The van der Waals surface area contributed by atoms with Crippen molar-refractivity contribution < 1.29 is 9.66 Å². The fourth-order valence-corrected chi connectivity index (χ4v) is 2.38. The van der Waals surface area contributed by atoms with Gasteiger partial charge in [-0.15, -0.1) is 0 Å². The number of nitro groups is 1. The van der Waals surface area contributed by atoms with E-state index in [9.17, 15) is 10.1 Å². The Kier molecular flexibility index (Phi) is 5.78. The van der Waals surface area contributed by atoms with E-state index in [1.807, 2.05) is 37.3 Å². The van der Waals surface area contributed by atoms with E-state index in [1.165, 1.54) is 6.33 Å². The monoisotopic (exact) mass is 365 g/mol. The molecule has 138 valence electrons. The molecule has 0 amide bonds. The van der Waals surface area contributed by atoms with E-state index in [0.29, 0.717) is 18.0 Å². The van der Waals surface area contributed by atoms with Crippen molar-refractivity contribution in [3.63, 3.8) is 0 Å². The molecule has 1 aromatic heterocycles. The molecule has 0 spiro atoms. The molecule has 2 aromatic carbocycles. The van der Waals surface area contributed by atoms with Gasteiger partial charge < -0.3 is 15.4 Å². The molecule has 8 nitrogen and oxygen atoms in total. The summed E-state index contributed by atoms with van der Waals surface area (Å²) in [5.74, 6) is 1.72. The summed E-state index contributed by atoms with van der Waals surface area (Å²) < 4.78 is 5.74. The van der Waals surface area contributed by atoms with Crippen LogP contribution in [0.15, 0.2) is 60.9 Å². The normalized spacial score (nSPS) is 10.3. The van der Waals surface area contributed by atoms with Crippen molar-refractivity contribution in [2.45, 2.75) is 13.3 Å². The highest BCUT2D eigenvalue weighted by atomic mass is 16.6. The van der Waals surface area contributed by atoms with Gasteiger partial charge in [-0.1, -0.05) is 25.1 Å². The first kappa shape index (κ1) is 18.1. The van der Waals surface area contributed by atoms with E-state index in [1.54, 1.807) is 24.3 Å². The summed E-state index contributed by atoms with van der Waals surface area (Å²) in [5, 5.41) is 17.4. The van der Waals surface area contributed by atoms with Crippen molar-refractivity contribution in [1.82, 2.24) is 9.97 Å². The van der Waals surface area contributed by atoms with Gasteiger partial charge in [-0.2, -0.15) is 0 Å². The highest BCUT2D eigenvalue weighted by Gasteiger charge is 2.22. The molecule has 3 rings (SSSR count). The summed E-state index contributed by atoms with van der Waals surface area (Å²) in [7, 11) is 0. The van der Waals surface area contributed by atoms with Crippen molar-refractivity contribution in [1.29, 1.82) is 0 Å². The second-order valence-corrected chi connectivity index (χ2v) is 5.67. The predicted molar refractivity (Wildman–Crippen MR) is 104 cm³/mol. The molecule has 0 aliphatic rings. The molecule has 2 N–H and O–H groups in total. The molecular formula is C19H19N5O3. The Balaban J connectivity index is 1.77. The van der Waals surface area contributed by atoms with Crippen molar-refractivity contribution in [3.8, 4) is 11.5 Å². The van der Waals surface area contributed by atoms with Crippen LogP contribution >= 0.6 is 0 Å². The number of para-hydroxylation sites is 1. The number of nitrogens with one attached hydrogen (secondary N) is 2. The van der Waals surface area contributed by atoms with Crippen LogP contribution in [0.25, 0.3) is 0 Å². The molecule has 0 radical (unpaired) electrons. The maximum absolute atomic E-state index is 11.5. The fraction of sp³-hybridized carbons (Fsp3) is 0.158. The van der Waals surface area contributed by atoms with Crippen LogP contribution in [0.3, 0.4) is 0 Å². The number of aromatic nitrogens is 2. The van der Waals surface area contributed by atoms with Crippen LogP contribution in [-0.4, -0.2) is 21.4 Å². The number of benzene rings is 2. The Bertz CT molecular complexity index is 901. The van der Waals surface area contributed by atoms with Crippen LogP contribution in [0.4, 0.5) is 23.0 Å². The van der Waals surface area contributed by atoms with E-state index in [0.717, 1.165) is 12.2 Å². The topological polar surface area (TPSA) is 102 Å². The summed E-state index contributed by atoms with van der Waals surface area (Å²) in [6.07, 6.45) is 2.12. The van der Waals surface area contributed by atoms with Crippen molar-refractivity contribution in [2.24, 2.45) is 0 Å². The molecule has 8 heteroatoms. The van der Waals surface area contributed by atoms with Crippen molar-refractivity contribution in [3.05, 3.63) is 71.0 Å². The lowest BCUT2D eigenvalue weighted by molar-refractivity contribution is -0.383. The lowest BCUT2D eigenvalue weighted by atomic mass is 10.3. The number of nitrogens with zero attached hydrogens (tertiary/aromatic N) is 3. The summed E-state index contributed by atoms with van der Waals surface area (Å²) in [5.41, 5.74) is 0.467. The van der Waals surface area contributed by atoms with Gasteiger partial charge in [-0.25, -0.2) is 9.97 Å². The van der Waals surface area contributed by atoms with Gasteiger partial charge in [-0.3, -0.25) is 10.1 Å². The minimum atomic E-state index is -0.493. The number of hydrogen-bond donors (Lipinski definition) is 2. The van der Waals surface area contributed by atoms with Gasteiger partial charge in [0.2, 0.25) is 11.6 Å². The number of anilines is 3. The number of ether oxygens (including phenoxy) is 1. The van der Waals surface area contributed by atoms with Crippen LogP contribution in [0.1, 0.15) is 13.3 Å². The molecule has 3 aromatic rings. The third kappa shape index (κ3) is 4.69. The third-order valence-electron chi connectivity index (χ3n) is 3.64. The van der Waals surface area contributed by atoms with Crippen LogP contribution in [-0.2, 0) is 0 Å². The highest BCUT2D eigenvalue weighted by molar-refractivity contribution is 5.73. The lowest BCUT2D eigenvalue weighted by Gasteiger charge is -2.10.